The topological polar surface area (TPSA) is 101 Å². The summed E-state index contributed by atoms with van der Waals surface area (Å²) in [4.78, 5) is 13.5. The van der Waals surface area contributed by atoms with E-state index in [1.807, 2.05) is 0 Å². The number of nitrogens with zero attached hydrogens (tertiary/aromatic N) is 2. The summed E-state index contributed by atoms with van der Waals surface area (Å²) in [7, 11) is -4.02. The molecule has 8 heteroatoms. The second-order valence-electron chi connectivity index (χ2n) is 7.87. The van der Waals surface area contributed by atoms with E-state index in [9.17, 15) is 18.3 Å². The first-order valence-corrected chi connectivity index (χ1v) is 11.2. The van der Waals surface area contributed by atoms with Gasteiger partial charge in [-0.1, -0.05) is 38.1 Å². The van der Waals surface area contributed by atoms with Crippen molar-refractivity contribution in [2.75, 3.05) is 5.32 Å². The Morgan fingerprint density at radius 1 is 1.13 bits per heavy atom. The molecule has 0 radical (unpaired) electrons. The second kappa shape index (κ2) is 7.28. The number of aromatic nitrogens is 1. The van der Waals surface area contributed by atoms with Gasteiger partial charge in [-0.3, -0.25) is 4.79 Å². The van der Waals surface area contributed by atoms with Crippen LogP contribution in [-0.2, 0) is 16.6 Å². The van der Waals surface area contributed by atoms with Gasteiger partial charge in [0.25, 0.3) is 15.6 Å². The van der Waals surface area contributed by atoms with Gasteiger partial charge in [0.1, 0.15) is 16.2 Å². The number of rotatable bonds is 4. The van der Waals surface area contributed by atoms with Crippen molar-refractivity contribution in [3.8, 4) is 5.75 Å². The number of pyridine rings is 1. The lowest BCUT2D eigenvalue weighted by molar-refractivity contribution is 0.474. The van der Waals surface area contributed by atoms with Crippen LogP contribution in [0.5, 0.6) is 5.75 Å². The molecule has 7 nitrogen and oxygen atoms in total. The molecule has 0 saturated carbocycles. The van der Waals surface area contributed by atoms with Gasteiger partial charge in [-0.05, 0) is 43.0 Å². The zero-order valence-electron chi connectivity index (χ0n) is 17.0. The quantitative estimate of drug-likeness (QED) is 0.665. The number of amidine groups is 1. The molecule has 0 bridgehead atoms. The van der Waals surface area contributed by atoms with E-state index in [1.165, 1.54) is 6.07 Å². The molecule has 0 atom stereocenters. The molecule has 1 aromatic heterocycles. The minimum atomic E-state index is -4.02. The van der Waals surface area contributed by atoms with Crippen LogP contribution in [0, 0.1) is 12.8 Å². The Morgan fingerprint density at radius 2 is 1.87 bits per heavy atom. The molecule has 1 aliphatic heterocycles. The summed E-state index contributed by atoms with van der Waals surface area (Å²) in [5.41, 5.74) is 1.03. The molecule has 2 N–H and O–H groups in total. The fraction of sp³-hybridized carbons (Fsp3) is 0.273. The first-order valence-electron chi connectivity index (χ1n) is 9.77. The summed E-state index contributed by atoms with van der Waals surface area (Å²) in [6, 6.07) is 11.9. The van der Waals surface area contributed by atoms with Crippen LogP contribution in [0.25, 0.3) is 10.9 Å². The standard InChI is InChI=1S/C22H23N3O4S/c1-13(2)11-12-25-16-9-5-4-8-15(16)20(26)18(22(25)27)21-23-19-14(3)7-6-10-17(19)30(28,29)24-21/h4-10,13,26H,11-12H2,1-3H3,(H,23,24). The van der Waals surface area contributed by atoms with Crippen LogP contribution in [0.1, 0.15) is 31.4 Å². The molecule has 0 unspecified atom stereocenters. The van der Waals surface area contributed by atoms with Gasteiger partial charge in [-0.2, -0.15) is 8.42 Å². The van der Waals surface area contributed by atoms with Crippen molar-refractivity contribution in [1.29, 1.82) is 0 Å². The highest BCUT2D eigenvalue weighted by molar-refractivity contribution is 7.90. The highest BCUT2D eigenvalue weighted by atomic mass is 32.2. The molecule has 2 aromatic carbocycles. The average molecular weight is 426 g/mol. The van der Waals surface area contributed by atoms with E-state index in [0.29, 0.717) is 34.6 Å². The summed E-state index contributed by atoms with van der Waals surface area (Å²) in [6.07, 6.45) is 0.758. The number of nitrogens with one attached hydrogen (secondary N) is 1. The Bertz CT molecular complexity index is 1350. The number of aryl methyl sites for hydroxylation is 2. The fourth-order valence-corrected chi connectivity index (χ4v) is 4.84. The molecule has 156 valence electrons. The van der Waals surface area contributed by atoms with Crippen LogP contribution < -0.4 is 10.9 Å². The van der Waals surface area contributed by atoms with E-state index < -0.39 is 15.6 Å². The number of hydrogen-bond acceptors (Lipinski definition) is 5. The predicted molar refractivity (Wildman–Crippen MR) is 118 cm³/mol. The maximum absolute atomic E-state index is 13.4. The lowest BCUT2D eigenvalue weighted by Gasteiger charge is -2.22. The second-order valence-corrected chi connectivity index (χ2v) is 9.44. The van der Waals surface area contributed by atoms with Crippen LogP contribution in [0.4, 0.5) is 5.69 Å². The zero-order valence-corrected chi connectivity index (χ0v) is 17.8. The van der Waals surface area contributed by atoms with E-state index in [2.05, 4.69) is 23.6 Å². The van der Waals surface area contributed by atoms with Crippen molar-refractivity contribution >= 4 is 32.4 Å². The largest absolute Gasteiger partial charge is 0.506 e. The first kappa shape index (κ1) is 20.2. The highest BCUT2D eigenvalue weighted by Crippen LogP contribution is 2.34. The zero-order chi connectivity index (χ0) is 21.6. The smallest absolute Gasteiger partial charge is 0.286 e. The van der Waals surface area contributed by atoms with Gasteiger partial charge in [0, 0.05) is 11.9 Å². The van der Waals surface area contributed by atoms with Gasteiger partial charge in [0.05, 0.1) is 11.2 Å². The van der Waals surface area contributed by atoms with Gasteiger partial charge >= 0.3 is 0 Å². The van der Waals surface area contributed by atoms with Crippen molar-refractivity contribution in [3.63, 3.8) is 0 Å². The van der Waals surface area contributed by atoms with Crippen LogP contribution in [0.15, 0.2) is 56.6 Å². The van der Waals surface area contributed by atoms with Gasteiger partial charge < -0.3 is 15.0 Å². The Balaban J connectivity index is 1.99. The minimum absolute atomic E-state index is 0.0478. The van der Waals surface area contributed by atoms with Crippen molar-refractivity contribution in [2.45, 2.75) is 38.6 Å². The van der Waals surface area contributed by atoms with Crippen LogP contribution >= 0.6 is 0 Å². The van der Waals surface area contributed by atoms with Crippen molar-refractivity contribution in [3.05, 3.63) is 63.9 Å². The maximum atomic E-state index is 13.4. The van der Waals surface area contributed by atoms with Crippen LogP contribution in [0.2, 0.25) is 0 Å². The van der Waals surface area contributed by atoms with Gasteiger partial charge in [0.2, 0.25) is 0 Å². The predicted octanol–water partition coefficient (Wildman–Crippen LogP) is 3.62. The Morgan fingerprint density at radius 3 is 2.60 bits per heavy atom. The van der Waals surface area contributed by atoms with Crippen molar-refractivity contribution in [1.82, 2.24) is 4.57 Å². The number of fused-ring (bicyclic) bond motifs is 2. The van der Waals surface area contributed by atoms with E-state index >= 15 is 0 Å². The van der Waals surface area contributed by atoms with E-state index in [1.54, 1.807) is 47.9 Å². The summed E-state index contributed by atoms with van der Waals surface area (Å²) >= 11 is 0. The number of sulfonamides is 1. The summed E-state index contributed by atoms with van der Waals surface area (Å²) < 4.78 is 31.0. The van der Waals surface area contributed by atoms with E-state index in [4.69, 9.17) is 0 Å². The summed E-state index contributed by atoms with van der Waals surface area (Å²) in [6.45, 7) is 6.34. The van der Waals surface area contributed by atoms with Crippen molar-refractivity contribution in [2.24, 2.45) is 10.3 Å². The monoisotopic (exact) mass is 425 g/mol. The number of hydrogen-bond donors (Lipinski definition) is 2. The highest BCUT2D eigenvalue weighted by Gasteiger charge is 2.30. The molecule has 0 fully saturated rings. The molecule has 3 aromatic rings. The summed E-state index contributed by atoms with van der Waals surface area (Å²) in [5.74, 6) is -0.0776. The van der Waals surface area contributed by atoms with E-state index in [0.717, 1.165) is 6.42 Å². The normalized spacial score (nSPS) is 15.0. The molecule has 30 heavy (non-hydrogen) atoms. The van der Waals surface area contributed by atoms with Crippen LogP contribution in [-0.4, -0.2) is 23.9 Å². The SMILES string of the molecule is Cc1cccc2c1NC(c1c(O)c3ccccc3n(CCC(C)C)c1=O)=NS2(=O)=O. The number of benzene rings is 2. The molecular formula is C22H23N3O4S. The molecule has 2 heterocycles. The molecule has 0 spiro atoms. The third-order valence-corrected chi connectivity index (χ3v) is 6.60. The fourth-order valence-electron chi connectivity index (χ4n) is 3.65. The lowest BCUT2D eigenvalue weighted by Crippen LogP contribution is -2.33. The molecule has 0 aliphatic carbocycles. The molecular weight excluding hydrogens is 402 g/mol. The molecule has 1 aliphatic rings. The van der Waals surface area contributed by atoms with Gasteiger partial charge in [0.15, 0.2) is 5.84 Å². The number of anilines is 1. The minimum Gasteiger partial charge on any atom is -0.506 e. The third kappa shape index (κ3) is 3.27. The number of para-hydroxylation sites is 2. The van der Waals surface area contributed by atoms with E-state index in [-0.39, 0.29) is 22.0 Å². The lowest BCUT2D eigenvalue weighted by atomic mass is 10.1. The Labute approximate surface area is 174 Å². The van der Waals surface area contributed by atoms with Gasteiger partial charge in [-0.25, -0.2) is 0 Å². The molecule has 0 amide bonds. The maximum Gasteiger partial charge on any atom is 0.286 e. The third-order valence-electron chi connectivity index (χ3n) is 5.28. The number of aromatic hydroxyl groups is 1. The first-order chi connectivity index (χ1) is 14.2. The molecule has 0 saturated heterocycles. The molecule has 4 rings (SSSR count). The van der Waals surface area contributed by atoms with Crippen LogP contribution in [0.3, 0.4) is 0 Å². The average Bonchev–Trinajstić information content (AvgIpc) is 2.68. The van der Waals surface area contributed by atoms with Crippen molar-refractivity contribution < 1.29 is 13.5 Å². The Hall–Kier alpha value is -3.13. The van der Waals surface area contributed by atoms with Gasteiger partial charge in [-0.15, -0.1) is 4.40 Å². The Kier molecular flexibility index (Phi) is 4.89. The summed E-state index contributed by atoms with van der Waals surface area (Å²) in [5, 5.41) is 14.4.